The molecule has 19 heavy (non-hydrogen) atoms. The van der Waals surface area contributed by atoms with E-state index in [2.05, 4.69) is 5.32 Å². The molecule has 0 amide bonds. The summed E-state index contributed by atoms with van der Waals surface area (Å²) < 4.78 is 36.2. The van der Waals surface area contributed by atoms with Gasteiger partial charge >= 0.3 is 0 Å². The first-order valence-corrected chi connectivity index (χ1v) is 6.00. The third-order valence-corrected chi connectivity index (χ3v) is 2.43. The van der Waals surface area contributed by atoms with Gasteiger partial charge in [0.1, 0.15) is 11.6 Å². The standard InChI is InChI=1S/C13H19F2NO3/c1-9(7-18-2)19-8-11(17)6-16-13-4-3-10(14)5-12(13)15/h3-5,9,11,16-17H,6-8H2,1-2H3. The highest BCUT2D eigenvalue weighted by atomic mass is 19.1. The molecule has 1 aromatic carbocycles. The molecule has 0 saturated carbocycles. The van der Waals surface area contributed by atoms with Crippen LogP contribution >= 0.6 is 0 Å². The van der Waals surface area contributed by atoms with Crippen LogP contribution in [0.25, 0.3) is 0 Å². The lowest BCUT2D eigenvalue weighted by Gasteiger charge is -2.17. The van der Waals surface area contributed by atoms with Crippen molar-refractivity contribution in [2.45, 2.75) is 19.1 Å². The Hall–Kier alpha value is -1.24. The average Bonchev–Trinajstić information content (AvgIpc) is 2.35. The number of hydrogen-bond acceptors (Lipinski definition) is 4. The molecule has 1 rings (SSSR count). The molecule has 4 nitrogen and oxygen atoms in total. The highest BCUT2D eigenvalue weighted by Crippen LogP contribution is 2.14. The molecule has 108 valence electrons. The van der Waals surface area contributed by atoms with Crippen LogP contribution < -0.4 is 5.32 Å². The van der Waals surface area contributed by atoms with Crippen LogP contribution in [0, 0.1) is 11.6 Å². The van der Waals surface area contributed by atoms with Gasteiger partial charge in [-0.2, -0.15) is 0 Å². The Bertz CT molecular complexity index is 390. The number of anilines is 1. The quantitative estimate of drug-likeness (QED) is 0.759. The molecule has 2 atom stereocenters. The molecule has 0 spiro atoms. The van der Waals surface area contributed by atoms with Gasteiger partial charge in [-0.05, 0) is 19.1 Å². The number of rotatable bonds is 8. The van der Waals surface area contributed by atoms with Crippen LogP contribution in [0.3, 0.4) is 0 Å². The summed E-state index contributed by atoms with van der Waals surface area (Å²) in [6.45, 7) is 2.48. The first-order valence-electron chi connectivity index (χ1n) is 6.00. The monoisotopic (exact) mass is 275 g/mol. The van der Waals surface area contributed by atoms with E-state index in [0.717, 1.165) is 12.1 Å². The van der Waals surface area contributed by atoms with Crippen LogP contribution in [0.15, 0.2) is 18.2 Å². The third-order valence-electron chi connectivity index (χ3n) is 2.43. The first-order chi connectivity index (χ1) is 9.02. The van der Waals surface area contributed by atoms with E-state index in [0.29, 0.717) is 6.61 Å². The van der Waals surface area contributed by atoms with Gasteiger partial charge in [0.15, 0.2) is 0 Å². The minimum atomic E-state index is -0.788. The third kappa shape index (κ3) is 5.96. The van der Waals surface area contributed by atoms with Crippen molar-refractivity contribution >= 4 is 5.69 Å². The zero-order chi connectivity index (χ0) is 14.3. The van der Waals surface area contributed by atoms with E-state index in [9.17, 15) is 13.9 Å². The van der Waals surface area contributed by atoms with Gasteiger partial charge in [-0.25, -0.2) is 8.78 Å². The average molecular weight is 275 g/mol. The summed E-state index contributed by atoms with van der Waals surface area (Å²) in [7, 11) is 1.56. The van der Waals surface area contributed by atoms with E-state index in [1.807, 2.05) is 6.92 Å². The Morgan fingerprint density at radius 1 is 1.32 bits per heavy atom. The molecule has 0 aliphatic carbocycles. The van der Waals surface area contributed by atoms with E-state index >= 15 is 0 Å². The summed E-state index contributed by atoms with van der Waals surface area (Å²) in [6.07, 6.45) is -0.911. The lowest BCUT2D eigenvalue weighted by molar-refractivity contribution is -0.0282. The second kappa shape index (κ2) is 8.04. The van der Waals surface area contributed by atoms with E-state index in [1.54, 1.807) is 7.11 Å². The zero-order valence-electron chi connectivity index (χ0n) is 11.0. The van der Waals surface area contributed by atoms with Crippen LogP contribution in [0.2, 0.25) is 0 Å². The van der Waals surface area contributed by atoms with Crippen molar-refractivity contribution < 1.29 is 23.4 Å². The fourth-order valence-corrected chi connectivity index (χ4v) is 1.48. The number of ether oxygens (including phenoxy) is 2. The summed E-state index contributed by atoms with van der Waals surface area (Å²) >= 11 is 0. The lowest BCUT2D eigenvalue weighted by Crippen LogP contribution is -2.28. The second-order valence-corrected chi connectivity index (χ2v) is 4.26. The van der Waals surface area contributed by atoms with Gasteiger partial charge in [0, 0.05) is 19.7 Å². The van der Waals surface area contributed by atoms with Crippen LogP contribution in [-0.2, 0) is 9.47 Å². The molecule has 0 radical (unpaired) electrons. The topological polar surface area (TPSA) is 50.7 Å². The van der Waals surface area contributed by atoms with Crippen molar-refractivity contribution in [2.24, 2.45) is 0 Å². The smallest absolute Gasteiger partial charge is 0.149 e. The summed E-state index contributed by atoms with van der Waals surface area (Å²) in [5.41, 5.74) is 0.144. The molecule has 0 saturated heterocycles. The minimum absolute atomic E-state index is 0.111. The molecule has 0 bridgehead atoms. The van der Waals surface area contributed by atoms with Crippen LogP contribution in [0.1, 0.15) is 6.92 Å². The minimum Gasteiger partial charge on any atom is -0.389 e. The maximum atomic E-state index is 13.3. The number of aliphatic hydroxyl groups is 1. The van der Waals surface area contributed by atoms with Gasteiger partial charge in [0.2, 0.25) is 0 Å². The Balaban J connectivity index is 2.31. The largest absolute Gasteiger partial charge is 0.389 e. The molecule has 0 heterocycles. The second-order valence-electron chi connectivity index (χ2n) is 4.26. The van der Waals surface area contributed by atoms with E-state index < -0.39 is 17.7 Å². The van der Waals surface area contributed by atoms with E-state index in [-0.39, 0.29) is 24.9 Å². The lowest BCUT2D eigenvalue weighted by atomic mass is 10.2. The van der Waals surface area contributed by atoms with Crippen molar-refractivity contribution in [3.05, 3.63) is 29.8 Å². The fraction of sp³-hybridized carbons (Fsp3) is 0.538. The van der Waals surface area contributed by atoms with Crippen molar-refractivity contribution in [1.82, 2.24) is 0 Å². The van der Waals surface area contributed by atoms with Crippen molar-refractivity contribution in [3.8, 4) is 0 Å². The number of methoxy groups -OCH3 is 1. The number of aliphatic hydroxyl groups excluding tert-OH is 1. The Labute approximate surface area is 111 Å². The van der Waals surface area contributed by atoms with Crippen molar-refractivity contribution in [3.63, 3.8) is 0 Å². The number of benzene rings is 1. The zero-order valence-corrected chi connectivity index (χ0v) is 11.0. The maximum absolute atomic E-state index is 13.3. The Morgan fingerprint density at radius 3 is 2.68 bits per heavy atom. The summed E-state index contributed by atoms with van der Waals surface area (Å²) in [5, 5.41) is 12.3. The number of hydrogen-bond donors (Lipinski definition) is 2. The SMILES string of the molecule is COCC(C)OCC(O)CNc1ccc(F)cc1F. The molecule has 6 heteroatoms. The van der Waals surface area contributed by atoms with Gasteiger partial charge in [0.25, 0.3) is 0 Å². The summed E-state index contributed by atoms with van der Waals surface area (Å²) in [5.74, 6) is -1.33. The van der Waals surface area contributed by atoms with Crippen LogP contribution in [0.4, 0.5) is 14.5 Å². The normalized spacial score (nSPS) is 14.2. The van der Waals surface area contributed by atoms with Crippen molar-refractivity contribution in [2.75, 3.05) is 32.2 Å². The van der Waals surface area contributed by atoms with Gasteiger partial charge in [-0.15, -0.1) is 0 Å². The fourth-order valence-electron chi connectivity index (χ4n) is 1.48. The molecular formula is C13H19F2NO3. The molecule has 1 aromatic rings. The van der Waals surface area contributed by atoms with Gasteiger partial charge in [0.05, 0.1) is 31.1 Å². The summed E-state index contributed by atoms with van der Waals surface area (Å²) in [6, 6.07) is 3.21. The molecule has 0 fully saturated rings. The number of halogens is 2. The highest BCUT2D eigenvalue weighted by Gasteiger charge is 2.09. The Kier molecular flexibility index (Phi) is 6.69. The van der Waals surface area contributed by atoms with Gasteiger partial charge in [-0.1, -0.05) is 0 Å². The van der Waals surface area contributed by atoms with Gasteiger partial charge < -0.3 is 19.9 Å². The van der Waals surface area contributed by atoms with Crippen molar-refractivity contribution in [1.29, 1.82) is 0 Å². The van der Waals surface area contributed by atoms with Crippen LogP contribution in [0.5, 0.6) is 0 Å². The first kappa shape index (κ1) is 15.8. The highest BCUT2D eigenvalue weighted by molar-refractivity contribution is 5.44. The number of nitrogens with one attached hydrogen (secondary N) is 1. The Morgan fingerprint density at radius 2 is 2.05 bits per heavy atom. The predicted molar refractivity (Wildman–Crippen MR) is 68.1 cm³/mol. The molecule has 0 aliphatic heterocycles. The molecular weight excluding hydrogens is 256 g/mol. The maximum Gasteiger partial charge on any atom is 0.149 e. The molecule has 2 N–H and O–H groups in total. The summed E-state index contributed by atoms with van der Waals surface area (Å²) in [4.78, 5) is 0. The van der Waals surface area contributed by atoms with Gasteiger partial charge in [-0.3, -0.25) is 0 Å². The molecule has 0 aliphatic rings. The molecule has 0 aromatic heterocycles. The van der Waals surface area contributed by atoms with E-state index in [1.165, 1.54) is 6.07 Å². The van der Waals surface area contributed by atoms with Crippen LogP contribution in [-0.4, -0.2) is 44.2 Å². The predicted octanol–water partition coefficient (Wildman–Crippen LogP) is 1.79. The van der Waals surface area contributed by atoms with E-state index in [4.69, 9.17) is 9.47 Å². The molecule has 2 unspecified atom stereocenters.